The first-order valence-corrected chi connectivity index (χ1v) is 8.44. The van der Waals surface area contributed by atoms with Crippen molar-refractivity contribution in [2.45, 2.75) is 40.3 Å². The molecule has 0 saturated carbocycles. The van der Waals surface area contributed by atoms with E-state index in [9.17, 15) is 4.79 Å². The number of benzene rings is 2. The van der Waals surface area contributed by atoms with Gasteiger partial charge in [-0.3, -0.25) is 4.79 Å². The maximum Gasteiger partial charge on any atom is 0.263 e. The van der Waals surface area contributed by atoms with E-state index in [4.69, 9.17) is 9.47 Å². The maximum absolute atomic E-state index is 12.6. The largest absolute Gasteiger partial charge is 0.497 e. The van der Waals surface area contributed by atoms with Gasteiger partial charge in [-0.2, -0.15) is 0 Å². The predicted octanol–water partition coefficient (Wildman–Crippen LogP) is 4.05. The number of hydrogen-bond acceptors (Lipinski definition) is 3. The molecule has 0 aromatic heterocycles. The molecule has 0 heterocycles. The molecule has 0 fully saturated rings. The summed E-state index contributed by atoms with van der Waals surface area (Å²) in [6.07, 6.45) is -0.539. The van der Waals surface area contributed by atoms with Crippen molar-refractivity contribution in [3.05, 3.63) is 58.7 Å². The minimum absolute atomic E-state index is 0.0469. The first-order valence-electron chi connectivity index (χ1n) is 8.44. The lowest BCUT2D eigenvalue weighted by Crippen LogP contribution is -2.37. The SMILES string of the molecule is COc1ccc(CN(C)C(=O)[C@H](C)Oc2cc(C)cc(C)c2C)cc1. The third kappa shape index (κ3) is 4.75. The molecule has 2 rings (SSSR count). The fourth-order valence-corrected chi connectivity index (χ4v) is 2.76. The first-order chi connectivity index (χ1) is 11.8. The summed E-state index contributed by atoms with van der Waals surface area (Å²) in [6, 6.07) is 11.8. The van der Waals surface area contributed by atoms with E-state index < -0.39 is 6.10 Å². The van der Waals surface area contributed by atoms with Gasteiger partial charge in [-0.15, -0.1) is 0 Å². The Morgan fingerprint density at radius 3 is 2.36 bits per heavy atom. The fourth-order valence-electron chi connectivity index (χ4n) is 2.76. The predicted molar refractivity (Wildman–Crippen MR) is 100 cm³/mol. The molecule has 0 spiro atoms. The van der Waals surface area contributed by atoms with E-state index >= 15 is 0 Å². The Balaban J connectivity index is 2.03. The topological polar surface area (TPSA) is 38.8 Å². The van der Waals surface area contributed by atoms with Crippen LogP contribution in [0.3, 0.4) is 0 Å². The number of carbonyl (C=O) groups excluding carboxylic acids is 1. The van der Waals surface area contributed by atoms with Crippen LogP contribution in [0.4, 0.5) is 0 Å². The van der Waals surface area contributed by atoms with Crippen molar-refractivity contribution < 1.29 is 14.3 Å². The molecule has 0 N–H and O–H groups in total. The van der Waals surface area contributed by atoms with Gasteiger partial charge in [-0.05, 0) is 68.1 Å². The molecule has 0 aliphatic carbocycles. The van der Waals surface area contributed by atoms with E-state index in [0.29, 0.717) is 6.54 Å². The van der Waals surface area contributed by atoms with E-state index in [2.05, 4.69) is 13.0 Å². The summed E-state index contributed by atoms with van der Waals surface area (Å²) >= 11 is 0. The van der Waals surface area contributed by atoms with E-state index in [-0.39, 0.29) is 5.91 Å². The van der Waals surface area contributed by atoms with Crippen LogP contribution in [0.5, 0.6) is 11.5 Å². The van der Waals surface area contributed by atoms with Gasteiger partial charge in [0.2, 0.25) is 0 Å². The highest BCUT2D eigenvalue weighted by Crippen LogP contribution is 2.24. The van der Waals surface area contributed by atoms with Crippen LogP contribution in [-0.2, 0) is 11.3 Å². The quantitative estimate of drug-likeness (QED) is 0.796. The van der Waals surface area contributed by atoms with Crippen molar-refractivity contribution in [1.29, 1.82) is 0 Å². The summed E-state index contributed by atoms with van der Waals surface area (Å²) in [7, 11) is 3.43. The van der Waals surface area contributed by atoms with Crippen molar-refractivity contribution in [3.63, 3.8) is 0 Å². The van der Waals surface area contributed by atoms with E-state index in [1.54, 1.807) is 26.0 Å². The zero-order valence-corrected chi connectivity index (χ0v) is 15.9. The highest BCUT2D eigenvalue weighted by Gasteiger charge is 2.20. The number of nitrogens with zero attached hydrogens (tertiary/aromatic N) is 1. The fraction of sp³-hybridized carbons (Fsp3) is 0.381. The lowest BCUT2D eigenvalue weighted by Gasteiger charge is -2.23. The number of ether oxygens (including phenoxy) is 2. The molecule has 4 heteroatoms. The molecule has 2 aromatic rings. The number of aryl methyl sites for hydroxylation is 2. The summed E-state index contributed by atoms with van der Waals surface area (Å²) < 4.78 is 11.1. The van der Waals surface area contributed by atoms with Crippen molar-refractivity contribution in [2.24, 2.45) is 0 Å². The van der Waals surface area contributed by atoms with Crippen LogP contribution in [0, 0.1) is 20.8 Å². The van der Waals surface area contributed by atoms with E-state index in [1.165, 1.54) is 5.56 Å². The Kier molecular flexibility index (Phi) is 6.07. The Morgan fingerprint density at radius 2 is 1.76 bits per heavy atom. The summed E-state index contributed by atoms with van der Waals surface area (Å²) in [6.45, 7) is 8.42. The van der Waals surface area contributed by atoms with Gasteiger partial charge in [-0.1, -0.05) is 18.2 Å². The Bertz CT molecular complexity index is 738. The third-order valence-corrected chi connectivity index (χ3v) is 4.37. The van der Waals surface area contributed by atoms with Gasteiger partial charge in [0.15, 0.2) is 6.10 Å². The smallest absolute Gasteiger partial charge is 0.263 e. The van der Waals surface area contributed by atoms with Crippen LogP contribution in [-0.4, -0.2) is 31.1 Å². The molecule has 0 radical (unpaired) electrons. The Hall–Kier alpha value is -2.49. The number of likely N-dealkylation sites (N-methyl/N-ethyl adjacent to an activating group) is 1. The van der Waals surface area contributed by atoms with Gasteiger partial charge in [0, 0.05) is 13.6 Å². The molecule has 25 heavy (non-hydrogen) atoms. The molecule has 0 bridgehead atoms. The zero-order valence-electron chi connectivity index (χ0n) is 15.9. The molecule has 0 saturated heterocycles. The summed E-state index contributed by atoms with van der Waals surface area (Å²) in [4.78, 5) is 14.3. The number of rotatable bonds is 6. The van der Waals surface area contributed by atoms with Crippen LogP contribution in [0.25, 0.3) is 0 Å². The van der Waals surface area contributed by atoms with Crippen molar-refractivity contribution in [3.8, 4) is 11.5 Å². The molecule has 1 atom stereocenters. The maximum atomic E-state index is 12.6. The van der Waals surface area contributed by atoms with Gasteiger partial charge >= 0.3 is 0 Å². The molecule has 4 nitrogen and oxygen atoms in total. The Morgan fingerprint density at radius 1 is 1.12 bits per heavy atom. The number of methoxy groups -OCH3 is 1. The van der Waals surface area contributed by atoms with E-state index in [0.717, 1.165) is 28.2 Å². The standard InChI is InChI=1S/C21H27NO3/c1-14-11-15(2)16(3)20(12-14)25-17(4)21(23)22(5)13-18-7-9-19(24-6)10-8-18/h7-12,17H,13H2,1-6H3/t17-/m0/s1. The minimum Gasteiger partial charge on any atom is -0.497 e. The monoisotopic (exact) mass is 341 g/mol. The normalized spacial score (nSPS) is 11.8. The third-order valence-electron chi connectivity index (χ3n) is 4.37. The number of hydrogen-bond donors (Lipinski definition) is 0. The molecule has 0 aliphatic heterocycles. The molecular weight excluding hydrogens is 314 g/mol. The van der Waals surface area contributed by atoms with Crippen molar-refractivity contribution >= 4 is 5.91 Å². The van der Waals surface area contributed by atoms with Gasteiger partial charge in [0.05, 0.1) is 7.11 Å². The van der Waals surface area contributed by atoms with Crippen molar-refractivity contribution in [1.82, 2.24) is 4.90 Å². The van der Waals surface area contributed by atoms with Crippen molar-refractivity contribution in [2.75, 3.05) is 14.2 Å². The second-order valence-electron chi connectivity index (χ2n) is 6.51. The summed E-state index contributed by atoms with van der Waals surface area (Å²) in [5, 5.41) is 0. The second kappa shape index (κ2) is 8.06. The van der Waals surface area contributed by atoms with Gasteiger partial charge in [0.1, 0.15) is 11.5 Å². The average Bonchev–Trinajstić information content (AvgIpc) is 2.59. The molecule has 1 amide bonds. The molecule has 0 unspecified atom stereocenters. The van der Waals surface area contributed by atoms with Gasteiger partial charge < -0.3 is 14.4 Å². The van der Waals surface area contributed by atoms with Crippen LogP contribution in [0.15, 0.2) is 36.4 Å². The Labute approximate surface area is 150 Å². The van der Waals surface area contributed by atoms with Crippen LogP contribution < -0.4 is 9.47 Å². The highest BCUT2D eigenvalue weighted by molar-refractivity contribution is 5.80. The van der Waals surface area contributed by atoms with Gasteiger partial charge in [0.25, 0.3) is 5.91 Å². The molecule has 134 valence electrons. The lowest BCUT2D eigenvalue weighted by atomic mass is 10.1. The lowest BCUT2D eigenvalue weighted by molar-refractivity contribution is -0.137. The molecule has 2 aromatic carbocycles. The highest BCUT2D eigenvalue weighted by atomic mass is 16.5. The second-order valence-corrected chi connectivity index (χ2v) is 6.51. The molecule has 0 aliphatic rings. The molecular formula is C21H27NO3. The van der Waals surface area contributed by atoms with Gasteiger partial charge in [-0.25, -0.2) is 0 Å². The zero-order chi connectivity index (χ0) is 18.6. The van der Waals surface area contributed by atoms with Crippen LogP contribution in [0.1, 0.15) is 29.2 Å². The van der Waals surface area contributed by atoms with Crippen LogP contribution >= 0.6 is 0 Å². The van der Waals surface area contributed by atoms with Crippen LogP contribution in [0.2, 0.25) is 0 Å². The van der Waals surface area contributed by atoms with E-state index in [1.807, 2.05) is 44.2 Å². The minimum atomic E-state index is -0.539. The summed E-state index contributed by atoms with van der Waals surface area (Å²) in [5.41, 5.74) is 4.42. The summed E-state index contributed by atoms with van der Waals surface area (Å²) in [5.74, 6) is 1.53. The average molecular weight is 341 g/mol. The number of amides is 1. The first kappa shape index (κ1) is 18.8. The number of carbonyl (C=O) groups is 1.